The van der Waals surface area contributed by atoms with Crippen molar-refractivity contribution in [1.29, 1.82) is 0 Å². The molecule has 0 amide bonds. The molecular formula is C68H91N5O6. The summed E-state index contributed by atoms with van der Waals surface area (Å²) in [5.41, 5.74) is 25.5. The average molecular weight is 1070 g/mol. The number of carbonyl (C=O) groups is 5. The summed E-state index contributed by atoms with van der Waals surface area (Å²) < 4.78 is 5.08. The fourth-order valence-electron chi connectivity index (χ4n) is 12.0. The summed E-state index contributed by atoms with van der Waals surface area (Å²) in [6.45, 7) is 9.50. The average Bonchev–Trinajstić information content (AvgIpc) is 3.50. The van der Waals surface area contributed by atoms with E-state index in [0.29, 0.717) is 56.8 Å². The van der Waals surface area contributed by atoms with E-state index in [1.54, 1.807) is 7.11 Å². The molecule has 5 unspecified atom stereocenters. The lowest BCUT2D eigenvalue weighted by Gasteiger charge is -2.37. The standard InChI is InChI=1S/C15H21NO2.C14H19NO.3C13H17NO/c1-18-12-11-16-15(10-6-5-9-14(15)17)13-7-3-2-4-8-13;1-11-6-8-12(9-7-11)14(15-2)10-4-3-5-13(14)16;1-10-5-4-6-11(9-10)13(14)8-3-2-7-12(13)15;2*1-10-5-7-11(8-6-10)13(14)9-3-2-4-12(13)15/h2-4,7-8,16H,5-6,9-12H2,1H3;6-9,15H,3-5,10H2,1-2H3;4-6,9H,2-3,7-8,14H2,1H3;2*5-8H,2-4,9,14H2,1H3. The maximum absolute atomic E-state index is 12.4. The number of Topliss-reactive ketones (excluding diaryl/α,β-unsaturated/α-hetero) is 5. The molecule has 11 heteroatoms. The van der Waals surface area contributed by atoms with Gasteiger partial charge in [0, 0.05) is 45.8 Å². The van der Waals surface area contributed by atoms with Crippen LogP contribution >= 0.6 is 0 Å². The van der Waals surface area contributed by atoms with Crippen LogP contribution in [0.25, 0.3) is 0 Å². The molecule has 11 nitrogen and oxygen atoms in total. The first-order valence-electron chi connectivity index (χ1n) is 29.2. The Morgan fingerprint density at radius 1 is 0.392 bits per heavy atom. The summed E-state index contributed by atoms with van der Waals surface area (Å²) in [4.78, 5) is 60.2. The van der Waals surface area contributed by atoms with Gasteiger partial charge in [0.05, 0.1) is 6.61 Å². The molecule has 0 bridgehead atoms. The van der Waals surface area contributed by atoms with E-state index in [-0.39, 0.29) is 17.3 Å². The summed E-state index contributed by atoms with van der Waals surface area (Å²) in [5.74, 6) is 1.23. The summed E-state index contributed by atoms with van der Waals surface area (Å²) in [7, 11) is 3.57. The predicted octanol–water partition coefficient (Wildman–Crippen LogP) is 11.7. The maximum atomic E-state index is 12.4. The van der Waals surface area contributed by atoms with Crippen LogP contribution in [0.4, 0.5) is 0 Å². The number of ketones is 5. The highest BCUT2D eigenvalue weighted by atomic mass is 16.5. The lowest BCUT2D eigenvalue weighted by atomic mass is 9.75. The van der Waals surface area contributed by atoms with Crippen molar-refractivity contribution in [2.75, 3.05) is 27.3 Å². The third kappa shape index (κ3) is 15.6. The van der Waals surface area contributed by atoms with Gasteiger partial charge in [-0.25, -0.2) is 0 Å². The maximum Gasteiger partial charge on any atom is 0.157 e. The van der Waals surface area contributed by atoms with E-state index in [2.05, 4.69) is 41.8 Å². The highest BCUT2D eigenvalue weighted by molar-refractivity contribution is 5.92. The third-order valence-electron chi connectivity index (χ3n) is 17.2. The van der Waals surface area contributed by atoms with E-state index in [1.165, 1.54) is 16.7 Å². The highest BCUT2D eigenvalue weighted by Gasteiger charge is 2.43. The smallest absolute Gasteiger partial charge is 0.157 e. The Labute approximate surface area is 472 Å². The molecule has 79 heavy (non-hydrogen) atoms. The van der Waals surface area contributed by atoms with Gasteiger partial charge in [0.1, 0.15) is 27.7 Å². The molecule has 0 heterocycles. The van der Waals surface area contributed by atoms with Crippen LogP contribution in [0.2, 0.25) is 0 Å². The summed E-state index contributed by atoms with van der Waals surface area (Å²) in [6, 6.07) is 42.4. The Hall–Kier alpha value is -5.79. The molecule has 5 aliphatic carbocycles. The van der Waals surface area contributed by atoms with E-state index in [4.69, 9.17) is 21.9 Å². The summed E-state index contributed by atoms with van der Waals surface area (Å²) in [6.07, 6.45) is 17.8. The van der Waals surface area contributed by atoms with Crippen LogP contribution in [0, 0.1) is 27.7 Å². The Bertz CT molecular complexity index is 2710. The minimum Gasteiger partial charge on any atom is -0.383 e. The largest absolute Gasteiger partial charge is 0.383 e. The van der Waals surface area contributed by atoms with Gasteiger partial charge in [-0.15, -0.1) is 0 Å². The number of hydrogen-bond donors (Lipinski definition) is 5. The van der Waals surface area contributed by atoms with Crippen molar-refractivity contribution in [3.63, 3.8) is 0 Å². The predicted molar refractivity (Wildman–Crippen MR) is 318 cm³/mol. The first-order valence-corrected chi connectivity index (χ1v) is 29.2. The zero-order valence-corrected chi connectivity index (χ0v) is 48.4. The van der Waals surface area contributed by atoms with Crippen molar-refractivity contribution >= 4 is 28.9 Å². The number of nitrogens with one attached hydrogen (secondary N) is 2. The molecule has 5 saturated carbocycles. The molecular weight excluding hydrogens is 983 g/mol. The van der Waals surface area contributed by atoms with Crippen LogP contribution in [0.15, 0.2) is 127 Å². The fraction of sp³-hybridized carbons (Fsp3) is 0.485. The second-order valence-corrected chi connectivity index (χ2v) is 22.9. The highest BCUT2D eigenvalue weighted by Crippen LogP contribution is 2.37. The Kier molecular flexibility index (Phi) is 23.0. The fourth-order valence-corrected chi connectivity index (χ4v) is 12.0. The van der Waals surface area contributed by atoms with E-state index in [9.17, 15) is 24.0 Å². The minimum absolute atomic E-state index is 0.192. The van der Waals surface area contributed by atoms with E-state index < -0.39 is 27.7 Å². The number of benzene rings is 5. The SMILES string of the molecule is CNC1(c2ccc(C)cc2)CCCCC1=O.COCCNC1(c2ccccc2)CCCCC1=O.Cc1ccc(C2(N)CCCCC2=O)cc1.Cc1ccc(C2(N)CCCCC2=O)cc1.Cc1cccc(C2(N)CCCCC2=O)c1. The molecule has 5 atom stereocenters. The van der Waals surface area contributed by atoms with Crippen LogP contribution in [-0.2, 0) is 56.4 Å². The Morgan fingerprint density at radius 2 is 0.747 bits per heavy atom. The zero-order valence-electron chi connectivity index (χ0n) is 48.4. The molecule has 424 valence electrons. The van der Waals surface area contributed by atoms with Gasteiger partial charge in [-0.1, -0.05) is 182 Å². The second kappa shape index (κ2) is 29.1. The number of nitrogens with two attached hydrogens (primary N) is 3. The van der Waals surface area contributed by atoms with Gasteiger partial charge < -0.3 is 27.3 Å². The molecule has 5 aliphatic rings. The van der Waals surface area contributed by atoms with Crippen LogP contribution in [0.5, 0.6) is 0 Å². The van der Waals surface area contributed by atoms with Gasteiger partial charge in [0.25, 0.3) is 0 Å². The number of aryl methyl sites for hydroxylation is 4. The van der Waals surface area contributed by atoms with Gasteiger partial charge >= 0.3 is 0 Å². The normalized spacial score (nSPS) is 25.9. The second-order valence-electron chi connectivity index (χ2n) is 22.9. The molecule has 0 saturated heterocycles. The number of methoxy groups -OCH3 is 1. The quantitative estimate of drug-likeness (QED) is 0.0835. The number of carbonyl (C=O) groups excluding carboxylic acids is 5. The van der Waals surface area contributed by atoms with Crippen LogP contribution in [0.1, 0.15) is 178 Å². The lowest BCUT2D eigenvalue weighted by molar-refractivity contribution is -0.128. The van der Waals surface area contributed by atoms with Gasteiger partial charge in [0.15, 0.2) is 28.9 Å². The monoisotopic (exact) mass is 1070 g/mol. The van der Waals surface area contributed by atoms with Crippen LogP contribution in [-0.4, -0.2) is 56.2 Å². The molecule has 10 rings (SSSR count). The number of rotatable bonds is 10. The van der Waals surface area contributed by atoms with Crippen molar-refractivity contribution < 1.29 is 28.7 Å². The molecule has 0 radical (unpaired) electrons. The molecule has 5 aromatic carbocycles. The van der Waals surface area contributed by atoms with Crippen molar-refractivity contribution in [3.8, 4) is 0 Å². The van der Waals surface area contributed by atoms with E-state index in [0.717, 1.165) is 130 Å². The van der Waals surface area contributed by atoms with Crippen molar-refractivity contribution in [1.82, 2.24) is 10.6 Å². The molecule has 8 N–H and O–H groups in total. The molecule has 0 aliphatic heterocycles. The van der Waals surface area contributed by atoms with Gasteiger partial charge in [-0.2, -0.15) is 0 Å². The van der Waals surface area contributed by atoms with Gasteiger partial charge in [-0.05, 0) is 127 Å². The topological polar surface area (TPSA) is 197 Å². The van der Waals surface area contributed by atoms with Crippen molar-refractivity contribution in [2.45, 2.75) is 184 Å². The van der Waals surface area contributed by atoms with Gasteiger partial charge in [0.2, 0.25) is 0 Å². The van der Waals surface area contributed by atoms with Gasteiger partial charge in [-0.3, -0.25) is 29.3 Å². The van der Waals surface area contributed by atoms with Crippen molar-refractivity contribution in [3.05, 3.63) is 177 Å². The first-order chi connectivity index (χ1) is 37.9. The third-order valence-corrected chi connectivity index (χ3v) is 17.2. The summed E-state index contributed by atoms with van der Waals surface area (Å²) >= 11 is 0. The Morgan fingerprint density at radius 3 is 1.13 bits per heavy atom. The zero-order chi connectivity index (χ0) is 57.1. The first kappa shape index (κ1) is 62.4. The minimum atomic E-state index is -0.718. The molecule has 5 aromatic rings. The Balaban J connectivity index is 0.000000160. The number of hydrogen-bond acceptors (Lipinski definition) is 11. The van der Waals surface area contributed by atoms with Crippen LogP contribution in [0.3, 0.4) is 0 Å². The molecule has 0 spiro atoms. The van der Waals surface area contributed by atoms with Crippen molar-refractivity contribution in [2.24, 2.45) is 17.2 Å². The van der Waals surface area contributed by atoms with Crippen LogP contribution < -0.4 is 27.8 Å². The molecule has 5 fully saturated rings. The lowest BCUT2D eigenvalue weighted by Crippen LogP contribution is -2.51. The molecule has 0 aromatic heterocycles. The number of ether oxygens (including phenoxy) is 1. The number of likely N-dealkylation sites (N-methyl/N-ethyl adjacent to an activating group) is 1. The van der Waals surface area contributed by atoms with E-state index in [1.807, 2.05) is 131 Å². The summed E-state index contributed by atoms with van der Waals surface area (Å²) in [5, 5.41) is 6.68. The van der Waals surface area contributed by atoms with E-state index >= 15 is 0 Å².